The molecule has 0 saturated heterocycles. The smallest absolute Gasteiger partial charge is 0.335 e. The van der Waals surface area contributed by atoms with Crippen LogP contribution in [0.3, 0.4) is 0 Å². The topological polar surface area (TPSA) is 70.6 Å². The molecule has 5 nitrogen and oxygen atoms in total. The number of hydrogen-bond acceptors (Lipinski definition) is 3. The quantitative estimate of drug-likeness (QED) is 0.706. The number of carboxylic acid groups (broad SMARTS) is 1. The summed E-state index contributed by atoms with van der Waals surface area (Å²) in [6.45, 7) is 3.01. The zero-order valence-corrected chi connectivity index (χ0v) is 13.5. The number of benzene rings is 2. The SMILES string of the molecule is CCOc1ccccc1NC(=S)NCc1ccc(C(=O)O)cc1. The third-order valence-corrected chi connectivity index (χ3v) is 3.34. The molecule has 2 rings (SSSR count). The molecular formula is C17H18N2O3S. The fourth-order valence-electron chi connectivity index (χ4n) is 1.97. The fourth-order valence-corrected chi connectivity index (χ4v) is 2.15. The maximum Gasteiger partial charge on any atom is 0.335 e. The van der Waals surface area contributed by atoms with Gasteiger partial charge in [-0.2, -0.15) is 0 Å². The van der Waals surface area contributed by atoms with Crippen LogP contribution in [0.5, 0.6) is 5.75 Å². The standard InChI is InChI=1S/C17H18N2O3S/c1-2-22-15-6-4-3-5-14(15)19-17(23)18-11-12-7-9-13(10-8-12)16(20)21/h3-10H,2,11H2,1H3,(H,20,21)(H2,18,19,23). The minimum atomic E-state index is -0.936. The molecule has 2 aromatic rings. The van der Waals surface area contributed by atoms with Crippen molar-refractivity contribution in [1.82, 2.24) is 5.32 Å². The highest BCUT2D eigenvalue weighted by Gasteiger charge is 2.05. The van der Waals surface area contributed by atoms with Gasteiger partial charge in [-0.3, -0.25) is 0 Å². The fraction of sp³-hybridized carbons (Fsp3) is 0.176. The first-order chi connectivity index (χ1) is 11.1. The van der Waals surface area contributed by atoms with Crippen molar-refractivity contribution >= 4 is 29.0 Å². The van der Waals surface area contributed by atoms with Crippen molar-refractivity contribution in [2.75, 3.05) is 11.9 Å². The van der Waals surface area contributed by atoms with Crippen molar-refractivity contribution < 1.29 is 14.6 Å². The maximum atomic E-state index is 10.8. The van der Waals surface area contributed by atoms with Gasteiger partial charge in [-0.05, 0) is 49.0 Å². The molecule has 0 fully saturated rings. The van der Waals surface area contributed by atoms with E-state index in [2.05, 4.69) is 10.6 Å². The van der Waals surface area contributed by atoms with Gasteiger partial charge in [0.25, 0.3) is 0 Å². The summed E-state index contributed by atoms with van der Waals surface area (Å²) < 4.78 is 5.53. The molecule has 0 radical (unpaired) electrons. The Morgan fingerprint density at radius 3 is 2.52 bits per heavy atom. The second kappa shape index (κ2) is 8.14. The molecule has 0 amide bonds. The van der Waals surface area contributed by atoms with Crippen LogP contribution in [0.1, 0.15) is 22.8 Å². The number of anilines is 1. The summed E-state index contributed by atoms with van der Waals surface area (Å²) in [6, 6.07) is 14.2. The van der Waals surface area contributed by atoms with Crippen LogP contribution >= 0.6 is 12.2 Å². The normalized spacial score (nSPS) is 9.96. The van der Waals surface area contributed by atoms with Crippen LogP contribution in [0.2, 0.25) is 0 Å². The van der Waals surface area contributed by atoms with Crippen LogP contribution in [-0.2, 0) is 6.54 Å². The van der Waals surface area contributed by atoms with Gasteiger partial charge in [0.2, 0.25) is 0 Å². The molecule has 6 heteroatoms. The van der Waals surface area contributed by atoms with Crippen molar-refractivity contribution in [3.05, 3.63) is 59.7 Å². The molecule has 0 heterocycles. The Hall–Kier alpha value is -2.60. The van der Waals surface area contributed by atoms with Crippen LogP contribution in [-0.4, -0.2) is 22.8 Å². The number of aromatic carboxylic acids is 1. The van der Waals surface area contributed by atoms with Gasteiger partial charge in [0.1, 0.15) is 5.75 Å². The molecule has 0 bridgehead atoms. The van der Waals surface area contributed by atoms with Crippen LogP contribution in [0, 0.1) is 0 Å². The predicted molar refractivity (Wildman–Crippen MR) is 94.1 cm³/mol. The van der Waals surface area contributed by atoms with Crippen molar-refractivity contribution in [3.8, 4) is 5.75 Å². The number of nitrogens with one attached hydrogen (secondary N) is 2. The van der Waals surface area contributed by atoms with Gasteiger partial charge in [-0.1, -0.05) is 24.3 Å². The molecule has 2 aromatic carbocycles. The molecule has 0 aliphatic heterocycles. The number of carboxylic acids is 1. The van der Waals surface area contributed by atoms with E-state index in [1.807, 2.05) is 31.2 Å². The van der Waals surface area contributed by atoms with E-state index in [9.17, 15) is 4.79 Å². The Morgan fingerprint density at radius 2 is 1.87 bits per heavy atom. The summed E-state index contributed by atoms with van der Waals surface area (Å²) in [5.41, 5.74) is 2.01. The average molecular weight is 330 g/mol. The average Bonchev–Trinajstić information content (AvgIpc) is 2.55. The van der Waals surface area contributed by atoms with Crippen molar-refractivity contribution in [1.29, 1.82) is 0 Å². The third-order valence-electron chi connectivity index (χ3n) is 3.09. The van der Waals surface area contributed by atoms with Gasteiger partial charge < -0.3 is 20.5 Å². The highest BCUT2D eigenvalue weighted by atomic mass is 32.1. The zero-order valence-electron chi connectivity index (χ0n) is 12.7. The number of ether oxygens (including phenoxy) is 1. The number of carbonyl (C=O) groups is 1. The minimum Gasteiger partial charge on any atom is -0.492 e. The second-order valence-electron chi connectivity index (χ2n) is 4.74. The van der Waals surface area contributed by atoms with E-state index in [-0.39, 0.29) is 5.56 Å². The molecule has 0 saturated carbocycles. The Balaban J connectivity index is 1.91. The molecule has 120 valence electrons. The van der Waals surface area contributed by atoms with Crippen molar-refractivity contribution in [3.63, 3.8) is 0 Å². The van der Waals surface area contributed by atoms with Gasteiger partial charge in [-0.15, -0.1) is 0 Å². The first-order valence-electron chi connectivity index (χ1n) is 7.19. The highest BCUT2D eigenvalue weighted by Crippen LogP contribution is 2.23. The van der Waals surface area contributed by atoms with Crippen LogP contribution in [0.4, 0.5) is 5.69 Å². The van der Waals surface area contributed by atoms with Crippen LogP contribution in [0.15, 0.2) is 48.5 Å². The molecular weight excluding hydrogens is 312 g/mol. The van der Waals surface area contributed by atoms with Gasteiger partial charge in [0.15, 0.2) is 5.11 Å². The second-order valence-corrected chi connectivity index (χ2v) is 5.15. The van der Waals surface area contributed by atoms with Gasteiger partial charge in [0, 0.05) is 6.54 Å². The summed E-state index contributed by atoms with van der Waals surface area (Å²) in [5, 5.41) is 15.5. The largest absolute Gasteiger partial charge is 0.492 e. The van der Waals surface area contributed by atoms with E-state index in [1.54, 1.807) is 24.3 Å². The number of para-hydroxylation sites is 2. The van der Waals surface area contributed by atoms with Gasteiger partial charge >= 0.3 is 5.97 Å². The Bertz CT molecular complexity index is 686. The van der Waals surface area contributed by atoms with E-state index < -0.39 is 5.97 Å². The first-order valence-corrected chi connectivity index (χ1v) is 7.60. The van der Waals surface area contributed by atoms with E-state index in [4.69, 9.17) is 22.1 Å². The molecule has 0 spiro atoms. The zero-order chi connectivity index (χ0) is 16.7. The predicted octanol–water partition coefficient (Wildman–Crippen LogP) is 3.27. The summed E-state index contributed by atoms with van der Waals surface area (Å²) >= 11 is 5.27. The number of hydrogen-bond donors (Lipinski definition) is 3. The molecule has 23 heavy (non-hydrogen) atoms. The molecule has 0 aliphatic carbocycles. The van der Waals surface area contributed by atoms with Crippen molar-refractivity contribution in [2.45, 2.75) is 13.5 Å². The maximum absolute atomic E-state index is 10.8. The molecule has 0 atom stereocenters. The van der Waals surface area contributed by atoms with Crippen LogP contribution in [0.25, 0.3) is 0 Å². The first kappa shape index (κ1) is 16.8. The summed E-state index contributed by atoms with van der Waals surface area (Å²) in [6.07, 6.45) is 0. The molecule has 3 N–H and O–H groups in total. The summed E-state index contributed by atoms with van der Waals surface area (Å²) in [4.78, 5) is 10.8. The Kier molecular flexibility index (Phi) is 5.94. The lowest BCUT2D eigenvalue weighted by molar-refractivity contribution is 0.0697. The van der Waals surface area contributed by atoms with Crippen molar-refractivity contribution in [2.24, 2.45) is 0 Å². The van der Waals surface area contributed by atoms with Gasteiger partial charge in [-0.25, -0.2) is 4.79 Å². The number of rotatable bonds is 6. The van der Waals surface area contributed by atoms with E-state index in [1.165, 1.54) is 0 Å². The Labute approximate surface area is 140 Å². The van der Waals surface area contributed by atoms with E-state index in [0.717, 1.165) is 17.0 Å². The summed E-state index contributed by atoms with van der Waals surface area (Å²) in [5.74, 6) is -0.195. The molecule has 0 aromatic heterocycles. The third kappa shape index (κ3) is 4.96. The number of thiocarbonyl (C=S) groups is 1. The Morgan fingerprint density at radius 1 is 1.17 bits per heavy atom. The van der Waals surface area contributed by atoms with Gasteiger partial charge in [0.05, 0.1) is 17.9 Å². The van der Waals surface area contributed by atoms with E-state index >= 15 is 0 Å². The lowest BCUT2D eigenvalue weighted by atomic mass is 10.1. The lowest BCUT2D eigenvalue weighted by Crippen LogP contribution is -2.28. The van der Waals surface area contributed by atoms with E-state index in [0.29, 0.717) is 18.3 Å². The lowest BCUT2D eigenvalue weighted by Gasteiger charge is -2.14. The monoisotopic (exact) mass is 330 g/mol. The van der Waals surface area contributed by atoms with Crippen LogP contribution < -0.4 is 15.4 Å². The summed E-state index contributed by atoms with van der Waals surface area (Å²) in [7, 11) is 0. The minimum absolute atomic E-state index is 0.264. The highest BCUT2D eigenvalue weighted by molar-refractivity contribution is 7.80. The molecule has 0 unspecified atom stereocenters. The molecule has 0 aliphatic rings.